The first-order valence-corrected chi connectivity index (χ1v) is 14.0. The van der Waals surface area contributed by atoms with Crippen LogP contribution in [-0.2, 0) is 26.2 Å². The number of nitrogens with one attached hydrogen (secondary N) is 1. The summed E-state index contributed by atoms with van der Waals surface area (Å²) in [6, 6.07) is 18.3. The topological polar surface area (TPSA) is 96.0 Å². The third-order valence-electron chi connectivity index (χ3n) is 5.82. The van der Waals surface area contributed by atoms with E-state index in [-0.39, 0.29) is 28.8 Å². The smallest absolute Gasteiger partial charge is 0.264 e. The molecule has 3 aromatic carbocycles. The van der Waals surface area contributed by atoms with Gasteiger partial charge in [-0.15, -0.1) is 0 Å². The van der Waals surface area contributed by atoms with Crippen molar-refractivity contribution in [3.63, 3.8) is 0 Å². The summed E-state index contributed by atoms with van der Waals surface area (Å²) >= 11 is 12.2. The molecule has 0 saturated carbocycles. The van der Waals surface area contributed by atoms with Gasteiger partial charge in [0.1, 0.15) is 18.3 Å². The number of halogens is 2. The van der Waals surface area contributed by atoms with E-state index in [1.807, 2.05) is 0 Å². The second-order valence-electron chi connectivity index (χ2n) is 8.34. The summed E-state index contributed by atoms with van der Waals surface area (Å²) in [6.45, 7) is 3.14. The van der Waals surface area contributed by atoms with Crippen LogP contribution < -0.4 is 14.4 Å². The number of rotatable bonds is 11. The predicted molar refractivity (Wildman–Crippen MR) is 149 cm³/mol. The standard InChI is InChI=1S/C27H29Cl2N3O5S/c1-4-30-27(34)19(2)31(17-20-14-15-22(28)23(29)16-20)26(33)18-32(24-12-8-9-13-25(24)37-3)38(35,36)21-10-6-5-7-11-21/h5-16,19H,4,17-18H2,1-3H3,(H,30,34)/t19-/m0/s1. The van der Waals surface area contributed by atoms with E-state index in [4.69, 9.17) is 27.9 Å². The lowest BCUT2D eigenvalue weighted by molar-refractivity contribution is -0.139. The molecule has 0 heterocycles. The number of carbonyl (C=O) groups excluding carboxylic acids is 2. The zero-order valence-corrected chi connectivity index (χ0v) is 23.6. The van der Waals surface area contributed by atoms with Gasteiger partial charge in [-0.25, -0.2) is 8.42 Å². The second kappa shape index (κ2) is 13.0. The predicted octanol–water partition coefficient (Wildman–Crippen LogP) is 4.75. The molecule has 0 unspecified atom stereocenters. The monoisotopic (exact) mass is 577 g/mol. The summed E-state index contributed by atoms with van der Waals surface area (Å²) in [5, 5.41) is 3.36. The minimum absolute atomic E-state index is 0.000821. The molecule has 3 aromatic rings. The number of benzene rings is 3. The number of amides is 2. The van der Waals surface area contributed by atoms with E-state index >= 15 is 0 Å². The Morgan fingerprint density at radius 1 is 0.974 bits per heavy atom. The van der Waals surface area contributed by atoms with Crippen LogP contribution >= 0.6 is 23.2 Å². The number of nitrogens with zero attached hydrogens (tertiary/aromatic N) is 2. The molecule has 0 saturated heterocycles. The molecule has 1 atom stereocenters. The fourth-order valence-corrected chi connectivity index (χ4v) is 5.57. The van der Waals surface area contributed by atoms with Crippen molar-refractivity contribution in [2.24, 2.45) is 0 Å². The largest absolute Gasteiger partial charge is 0.495 e. The van der Waals surface area contributed by atoms with Crippen LogP contribution in [0, 0.1) is 0 Å². The van der Waals surface area contributed by atoms with Crippen LogP contribution in [0.5, 0.6) is 5.75 Å². The van der Waals surface area contributed by atoms with Crippen molar-refractivity contribution in [2.75, 3.05) is 24.5 Å². The van der Waals surface area contributed by atoms with Gasteiger partial charge in [0.2, 0.25) is 11.8 Å². The highest BCUT2D eigenvalue weighted by atomic mass is 35.5. The average Bonchev–Trinajstić information content (AvgIpc) is 2.92. The zero-order chi connectivity index (χ0) is 27.9. The number of sulfonamides is 1. The van der Waals surface area contributed by atoms with Gasteiger partial charge >= 0.3 is 0 Å². The van der Waals surface area contributed by atoms with Crippen LogP contribution in [0.1, 0.15) is 19.4 Å². The van der Waals surface area contributed by atoms with Gasteiger partial charge in [-0.1, -0.05) is 59.6 Å². The Morgan fingerprint density at radius 2 is 1.63 bits per heavy atom. The highest BCUT2D eigenvalue weighted by molar-refractivity contribution is 7.92. The number of carbonyl (C=O) groups is 2. The normalized spacial score (nSPS) is 11.9. The van der Waals surface area contributed by atoms with Crippen LogP contribution in [0.15, 0.2) is 77.7 Å². The molecule has 0 spiro atoms. The summed E-state index contributed by atoms with van der Waals surface area (Å²) in [5.74, 6) is -0.705. The molecule has 1 N–H and O–H groups in total. The van der Waals surface area contributed by atoms with Gasteiger partial charge in [0.05, 0.1) is 27.7 Å². The second-order valence-corrected chi connectivity index (χ2v) is 11.0. The van der Waals surface area contributed by atoms with Crippen LogP contribution in [0.3, 0.4) is 0 Å². The molecule has 0 radical (unpaired) electrons. The Kier molecular flexibility index (Phi) is 10.0. The molecule has 11 heteroatoms. The Balaban J connectivity index is 2.06. The van der Waals surface area contributed by atoms with Crippen molar-refractivity contribution in [1.29, 1.82) is 0 Å². The highest BCUT2D eigenvalue weighted by Gasteiger charge is 2.33. The fourth-order valence-electron chi connectivity index (χ4n) is 3.81. The maximum absolute atomic E-state index is 13.9. The summed E-state index contributed by atoms with van der Waals surface area (Å²) < 4.78 is 34.0. The summed E-state index contributed by atoms with van der Waals surface area (Å²) in [7, 11) is -2.77. The summed E-state index contributed by atoms with van der Waals surface area (Å²) in [5.41, 5.74) is 0.811. The number of hydrogen-bond donors (Lipinski definition) is 1. The molecular weight excluding hydrogens is 549 g/mol. The first-order valence-electron chi connectivity index (χ1n) is 11.8. The van der Waals surface area contributed by atoms with Gasteiger partial charge in [0, 0.05) is 13.1 Å². The number of hydrogen-bond acceptors (Lipinski definition) is 5. The number of likely N-dealkylation sites (N-methyl/N-ethyl adjacent to an activating group) is 1. The van der Waals surface area contributed by atoms with Gasteiger partial charge in [-0.2, -0.15) is 0 Å². The van der Waals surface area contributed by atoms with Crippen LogP contribution in [0.4, 0.5) is 5.69 Å². The molecule has 8 nitrogen and oxygen atoms in total. The van der Waals surface area contributed by atoms with Gasteiger partial charge in [0.25, 0.3) is 10.0 Å². The van der Waals surface area contributed by atoms with E-state index < -0.39 is 28.5 Å². The maximum atomic E-state index is 13.9. The molecule has 0 bridgehead atoms. The van der Waals surface area contributed by atoms with Crippen molar-refractivity contribution in [3.8, 4) is 5.75 Å². The van der Waals surface area contributed by atoms with Crippen molar-refractivity contribution >= 4 is 50.7 Å². The molecule has 3 rings (SSSR count). The van der Waals surface area contributed by atoms with E-state index in [2.05, 4.69) is 5.32 Å². The fraction of sp³-hybridized carbons (Fsp3) is 0.259. The Hall–Kier alpha value is -3.27. The van der Waals surface area contributed by atoms with E-state index in [1.165, 1.54) is 24.1 Å². The molecule has 202 valence electrons. The Morgan fingerprint density at radius 3 is 2.26 bits per heavy atom. The number of anilines is 1. The molecular formula is C27H29Cl2N3O5S. The zero-order valence-electron chi connectivity index (χ0n) is 21.2. The Labute approximate surface area is 233 Å². The van der Waals surface area contributed by atoms with Crippen molar-refractivity contribution in [2.45, 2.75) is 31.3 Å². The molecule has 0 aliphatic carbocycles. The van der Waals surface area contributed by atoms with Crippen molar-refractivity contribution in [3.05, 3.63) is 88.4 Å². The lowest BCUT2D eigenvalue weighted by Crippen LogP contribution is -2.51. The average molecular weight is 579 g/mol. The minimum Gasteiger partial charge on any atom is -0.495 e. The van der Waals surface area contributed by atoms with Crippen molar-refractivity contribution in [1.82, 2.24) is 10.2 Å². The lowest BCUT2D eigenvalue weighted by atomic mass is 10.1. The van der Waals surface area contributed by atoms with Gasteiger partial charge < -0.3 is 15.0 Å². The van der Waals surface area contributed by atoms with E-state index in [0.717, 1.165) is 4.31 Å². The van der Waals surface area contributed by atoms with Gasteiger partial charge in [-0.3, -0.25) is 13.9 Å². The SMILES string of the molecule is CCNC(=O)[C@H](C)N(Cc1ccc(Cl)c(Cl)c1)C(=O)CN(c1ccccc1OC)S(=O)(=O)c1ccccc1. The summed E-state index contributed by atoms with van der Waals surface area (Å²) in [4.78, 5) is 27.9. The number of para-hydroxylation sites is 2. The minimum atomic E-state index is -4.19. The third kappa shape index (κ3) is 6.78. The molecule has 2 amide bonds. The van der Waals surface area contributed by atoms with E-state index in [9.17, 15) is 18.0 Å². The molecule has 0 fully saturated rings. The van der Waals surface area contributed by atoms with Crippen molar-refractivity contribution < 1.29 is 22.7 Å². The Bertz CT molecular complexity index is 1390. The summed E-state index contributed by atoms with van der Waals surface area (Å²) in [6.07, 6.45) is 0. The van der Waals surface area contributed by atoms with E-state index in [1.54, 1.807) is 74.5 Å². The third-order valence-corrected chi connectivity index (χ3v) is 8.33. The van der Waals surface area contributed by atoms with Gasteiger partial charge in [0.15, 0.2) is 0 Å². The van der Waals surface area contributed by atoms with Crippen LogP contribution in [-0.4, -0.2) is 51.4 Å². The number of methoxy groups -OCH3 is 1. The van der Waals surface area contributed by atoms with Crippen LogP contribution in [0.2, 0.25) is 10.0 Å². The number of ether oxygens (including phenoxy) is 1. The highest BCUT2D eigenvalue weighted by Crippen LogP contribution is 2.32. The molecule has 38 heavy (non-hydrogen) atoms. The lowest BCUT2D eigenvalue weighted by Gasteiger charge is -2.32. The first-order chi connectivity index (χ1) is 18.1. The first kappa shape index (κ1) is 29.3. The van der Waals surface area contributed by atoms with Gasteiger partial charge in [-0.05, 0) is 55.8 Å². The quantitative estimate of drug-likeness (QED) is 0.354. The maximum Gasteiger partial charge on any atom is 0.264 e. The molecule has 0 aliphatic rings. The molecule has 0 aliphatic heterocycles. The van der Waals surface area contributed by atoms with Crippen LogP contribution in [0.25, 0.3) is 0 Å². The molecule has 0 aromatic heterocycles. The van der Waals surface area contributed by atoms with E-state index in [0.29, 0.717) is 22.2 Å².